The van der Waals surface area contributed by atoms with Crippen LogP contribution in [0.15, 0.2) is 24.3 Å². The lowest BCUT2D eigenvalue weighted by molar-refractivity contribution is -0.191. The van der Waals surface area contributed by atoms with Gasteiger partial charge in [0, 0.05) is 24.0 Å². The van der Waals surface area contributed by atoms with E-state index in [0.29, 0.717) is 12.3 Å². The lowest BCUT2D eigenvalue weighted by atomic mass is 9.93. The summed E-state index contributed by atoms with van der Waals surface area (Å²) in [6.07, 6.45) is 3.98. The maximum atomic E-state index is 11.8. The van der Waals surface area contributed by atoms with Gasteiger partial charge in [0.05, 0.1) is 17.0 Å². The maximum absolute atomic E-state index is 11.8. The molecule has 1 amide bonds. The molecule has 3 N–H and O–H groups in total. The highest BCUT2D eigenvalue weighted by molar-refractivity contribution is 5.95. The van der Waals surface area contributed by atoms with Crippen LogP contribution in [0.5, 0.6) is 5.75 Å². The molecule has 0 spiro atoms. The van der Waals surface area contributed by atoms with Crippen molar-refractivity contribution >= 4 is 28.6 Å². The Kier molecular flexibility index (Phi) is 8.58. The molecule has 1 heterocycles. The van der Waals surface area contributed by atoms with Gasteiger partial charge in [0.25, 0.3) is 0 Å². The van der Waals surface area contributed by atoms with Gasteiger partial charge in [-0.15, -0.1) is 0 Å². The van der Waals surface area contributed by atoms with Gasteiger partial charge in [0.1, 0.15) is 12.4 Å². The summed E-state index contributed by atoms with van der Waals surface area (Å²) in [6, 6.07) is 7.93. The lowest BCUT2D eigenvalue weighted by Crippen LogP contribution is -2.41. The molecule has 1 aliphatic carbocycles. The van der Waals surface area contributed by atoms with Crippen LogP contribution in [-0.4, -0.2) is 42.4 Å². The Morgan fingerprint density at radius 2 is 1.97 bits per heavy atom. The molecule has 8 heteroatoms. The molecule has 0 atom stereocenters. The zero-order chi connectivity index (χ0) is 21.2. The predicted octanol–water partition coefficient (Wildman–Crippen LogP) is 2.38. The van der Waals surface area contributed by atoms with Gasteiger partial charge in [-0.05, 0) is 57.7 Å². The number of carbonyl (C=O) groups is 1. The number of amides is 1. The number of nitrogens with zero attached hydrogens (tertiary/aromatic N) is 1. The van der Waals surface area contributed by atoms with Crippen LogP contribution in [0.2, 0.25) is 0 Å². The lowest BCUT2D eigenvalue weighted by Gasteiger charge is -2.30. The number of carbonyl (C=O) groups excluding carboxylic acids is 3. The molecule has 8 nitrogen and oxygen atoms in total. The number of nitrogens with one attached hydrogen (secondary N) is 1. The molecule has 0 radical (unpaired) electrons. The predicted molar refractivity (Wildman–Crippen MR) is 107 cm³/mol. The minimum atomic E-state index is -0.0421. The van der Waals surface area contributed by atoms with E-state index in [1.165, 1.54) is 0 Å². The zero-order valence-electron chi connectivity index (χ0n) is 16.8. The van der Waals surface area contributed by atoms with E-state index in [-0.39, 0.29) is 30.8 Å². The third kappa shape index (κ3) is 6.55. The summed E-state index contributed by atoms with van der Waals surface area (Å²) in [4.78, 5) is 32.6. The molecule has 3 rings (SSSR count). The monoisotopic (exact) mass is 401 g/mol. The van der Waals surface area contributed by atoms with Crippen molar-refractivity contribution in [3.8, 4) is 5.75 Å². The fraction of sp³-hybridized carbons (Fsp3) is 0.476. The van der Waals surface area contributed by atoms with Gasteiger partial charge in [-0.2, -0.15) is 9.59 Å². The van der Waals surface area contributed by atoms with Gasteiger partial charge in [-0.25, -0.2) is 0 Å². The largest absolute Gasteiger partial charge is 0.490 e. The fourth-order valence-corrected chi connectivity index (χ4v) is 3.49. The molecule has 0 aliphatic heterocycles. The molecule has 0 saturated heterocycles. The van der Waals surface area contributed by atoms with Gasteiger partial charge >= 0.3 is 6.15 Å². The SMILES string of the molecule is CCOCC(=O)NC1CCC(Oc2cccc3nc(C)cc(N)c23)CC1.O=C=O. The van der Waals surface area contributed by atoms with Crippen molar-refractivity contribution in [2.45, 2.75) is 51.7 Å². The molecular weight excluding hydrogens is 374 g/mol. The van der Waals surface area contributed by atoms with E-state index in [4.69, 9.17) is 24.8 Å². The van der Waals surface area contributed by atoms with E-state index in [1.54, 1.807) is 0 Å². The minimum absolute atomic E-state index is 0.0421. The zero-order valence-corrected chi connectivity index (χ0v) is 16.8. The fourth-order valence-electron chi connectivity index (χ4n) is 3.49. The first-order chi connectivity index (χ1) is 14.0. The van der Waals surface area contributed by atoms with Crippen LogP contribution in [0.1, 0.15) is 38.3 Å². The summed E-state index contributed by atoms with van der Waals surface area (Å²) in [7, 11) is 0. The van der Waals surface area contributed by atoms with Crippen molar-refractivity contribution in [2.75, 3.05) is 18.9 Å². The number of aryl methyl sites for hydroxylation is 1. The summed E-state index contributed by atoms with van der Waals surface area (Å²) in [5.41, 5.74) is 8.65. The average molecular weight is 401 g/mol. The van der Waals surface area contributed by atoms with E-state index >= 15 is 0 Å². The topological polar surface area (TPSA) is 121 Å². The van der Waals surface area contributed by atoms with Crippen LogP contribution >= 0.6 is 0 Å². The summed E-state index contributed by atoms with van der Waals surface area (Å²) >= 11 is 0. The van der Waals surface area contributed by atoms with Crippen molar-refractivity contribution in [2.24, 2.45) is 0 Å². The Morgan fingerprint density at radius 3 is 2.62 bits per heavy atom. The van der Waals surface area contributed by atoms with Crippen molar-refractivity contribution in [3.63, 3.8) is 0 Å². The van der Waals surface area contributed by atoms with Gasteiger partial charge in [0.15, 0.2) is 0 Å². The summed E-state index contributed by atoms with van der Waals surface area (Å²) in [5, 5.41) is 3.91. The van der Waals surface area contributed by atoms with Gasteiger partial charge in [-0.3, -0.25) is 9.78 Å². The minimum Gasteiger partial charge on any atom is -0.490 e. The second-order valence-electron chi connectivity index (χ2n) is 6.88. The molecule has 1 saturated carbocycles. The molecule has 1 fully saturated rings. The van der Waals surface area contributed by atoms with Crippen LogP contribution in [0.3, 0.4) is 0 Å². The number of nitrogen functional groups attached to an aromatic ring is 1. The molecule has 1 aromatic heterocycles. The van der Waals surface area contributed by atoms with Crippen molar-refractivity contribution in [1.82, 2.24) is 10.3 Å². The Bertz CT molecular complexity index is 857. The number of pyridine rings is 1. The average Bonchev–Trinajstić information content (AvgIpc) is 2.68. The van der Waals surface area contributed by atoms with Crippen LogP contribution in [-0.2, 0) is 19.1 Å². The van der Waals surface area contributed by atoms with Crippen LogP contribution in [0.4, 0.5) is 5.69 Å². The molecule has 29 heavy (non-hydrogen) atoms. The Hall–Kier alpha value is -2.96. The molecule has 1 aromatic carbocycles. The molecule has 2 aromatic rings. The first-order valence-corrected chi connectivity index (χ1v) is 9.67. The third-order valence-corrected chi connectivity index (χ3v) is 4.72. The molecule has 1 aliphatic rings. The Labute approximate surface area is 169 Å². The number of rotatable bonds is 6. The van der Waals surface area contributed by atoms with E-state index in [0.717, 1.165) is 48.0 Å². The van der Waals surface area contributed by atoms with Gasteiger partial charge in [0.2, 0.25) is 5.91 Å². The third-order valence-electron chi connectivity index (χ3n) is 4.72. The van der Waals surface area contributed by atoms with Gasteiger partial charge in [-0.1, -0.05) is 6.07 Å². The second kappa shape index (κ2) is 11.1. The highest BCUT2D eigenvalue weighted by Gasteiger charge is 2.24. The molecular formula is C21H27N3O5. The van der Waals surface area contributed by atoms with E-state index < -0.39 is 0 Å². The molecule has 156 valence electrons. The Morgan fingerprint density at radius 1 is 1.28 bits per heavy atom. The van der Waals surface area contributed by atoms with Gasteiger partial charge < -0.3 is 20.5 Å². The highest BCUT2D eigenvalue weighted by atomic mass is 16.5. The standard InChI is InChI=1S/C20H27N3O3.CO2/c1-3-25-12-19(24)23-14-7-9-15(10-8-14)26-18-6-4-5-17-20(18)16(21)11-13(2)22-17;2-1-3/h4-6,11,14-15H,3,7-10,12H2,1-2H3,(H2,21,22)(H,23,24);. The number of benzene rings is 1. The van der Waals surface area contributed by atoms with Crippen LogP contribution in [0.25, 0.3) is 10.9 Å². The first kappa shape index (κ1) is 22.3. The number of nitrogens with two attached hydrogens (primary N) is 1. The summed E-state index contributed by atoms with van der Waals surface area (Å²) in [5.74, 6) is 0.746. The quantitative estimate of drug-likeness (QED) is 0.762. The van der Waals surface area contributed by atoms with E-state index in [2.05, 4.69) is 10.3 Å². The Balaban J connectivity index is 0.000000941. The number of anilines is 1. The van der Waals surface area contributed by atoms with E-state index in [1.807, 2.05) is 38.1 Å². The first-order valence-electron chi connectivity index (χ1n) is 9.67. The summed E-state index contributed by atoms with van der Waals surface area (Å²) in [6.45, 7) is 4.50. The van der Waals surface area contributed by atoms with Crippen LogP contribution < -0.4 is 15.8 Å². The number of ether oxygens (including phenoxy) is 2. The smallest absolute Gasteiger partial charge is 0.373 e. The maximum Gasteiger partial charge on any atom is 0.373 e. The number of aromatic nitrogens is 1. The van der Waals surface area contributed by atoms with Crippen LogP contribution in [0, 0.1) is 6.92 Å². The van der Waals surface area contributed by atoms with Crippen molar-refractivity contribution in [3.05, 3.63) is 30.0 Å². The van der Waals surface area contributed by atoms with E-state index in [9.17, 15) is 4.79 Å². The second-order valence-corrected chi connectivity index (χ2v) is 6.88. The highest BCUT2D eigenvalue weighted by Crippen LogP contribution is 2.33. The van der Waals surface area contributed by atoms with Crippen molar-refractivity contribution < 1.29 is 23.9 Å². The summed E-state index contributed by atoms with van der Waals surface area (Å²) < 4.78 is 11.4. The normalized spacial score (nSPS) is 18.3. The van der Waals surface area contributed by atoms with Crippen molar-refractivity contribution in [1.29, 1.82) is 0 Å². The molecule has 0 bridgehead atoms. The number of hydrogen-bond donors (Lipinski definition) is 2. The molecule has 0 unspecified atom stereocenters. The number of fused-ring (bicyclic) bond motifs is 1. The number of hydrogen-bond acceptors (Lipinski definition) is 7.